The third-order valence-corrected chi connectivity index (χ3v) is 4.91. The van der Waals surface area contributed by atoms with Crippen molar-refractivity contribution in [1.82, 2.24) is 15.2 Å². The highest BCUT2D eigenvalue weighted by molar-refractivity contribution is 5.94. The number of carbonyl (C=O) groups is 1. The molecule has 22 heavy (non-hydrogen) atoms. The molecular weight excluding hydrogens is 278 g/mol. The minimum Gasteiger partial charge on any atom is -0.348 e. The third kappa shape index (κ3) is 3.09. The monoisotopic (exact) mass is 303 g/mol. The SMILES string of the molecule is CC(C)N1C[C@@H](C)[C@@H](NC(=O)c2cc(C3CC3)c[nH]c2=O)C1. The summed E-state index contributed by atoms with van der Waals surface area (Å²) in [6.07, 6.45) is 4.04. The summed E-state index contributed by atoms with van der Waals surface area (Å²) in [5.74, 6) is 0.675. The number of aromatic amines is 1. The zero-order chi connectivity index (χ0) is 15.9. The van der Waals surface area contributed by atoms with Gasteiger partial charge in [-0.05, 0) is 50.2 Å². The lowest BCUT2D eigenvalue weighted by molar-refractivity contribution is 0.0929. The van der Waals surface area contributed by atoms with Crippen molar-refractivity contribution in [2.45, 2.75) is 51.6 Å². The van der Waals surface area contributed by atoms with E-state index in [1.807, 2.05) is 0 Å². The molecule has 2 N–H and O–H groups in total. The molecule has 0 spiro atoms. The Morgan fingerprint density at radius 1 is 1.36 bits per heavy atom. The van der Waals surface area contributed by atoms with Gasteiger partial charge in [0.15, 0.2) is 0 Å². The average molecular weight is 303 g/mol. The summed E-state index contributed by atoms with van der Waals surface area (Å²) >= 11 is 0. The van der Waals surface area contributed by atoms with E-state index in [1.54, 1.807) is 12.3 Å². The highest BCUT2D eigenvalue weighted by atomic mass is 16.2. The molecule has 5 nitrogen and oxygen atoms in total. The fourth-order valence-corrected chi connectivity index (χ4v) is 3.18. The first kappa shape index (κ1) is 15.3. The molecule has 5 heteroatoms. The van der Waals surface area contributed by atoms with Crippen molar-refractivity contribution in [2.24, 2.45) is 5.92 Å². The summed E-state index contributed by atoms with van der Waals surface area (Å²) < 4.78 is 0. The first-order valence-corrected chi connectivity index (χ1v) is 8.23. The highest BCUT2D eigenvalue weighted by Crippen LogP contribution is 2.39. The Morgan fingerprint density at radius 3 is 2.68 bits per heavy atom. The van der Waals surface area contributed by atoms with Crippen molar-refractivity contribution < 1.29 is 4.79 Å². The summed E-state index contributed by atoms with van der Waals surface area (Å²) in [5.41, 5.74) is 1.03. The van der Waals surface area contributed by atoms with E-state index in [2.05, 4.69) is 36.0 Å². The van der Waals surface area contributed by atoms with Crippen LogP contribution in [0.1, 0.15) is 55.5 Å². The minimum absolute atomic E-state index is 0.110. The van der Waals surface area contributed by atoms with Gasteiger partial charge in [-0.2, -0.15) is 0 Å². The molecule has 2 aliphatic rings. The summed E-state index contributed by atoms with van der Waals surface area (Å²) in [7, 11) is 0. The number of nitrogens with zero attached hydrogens (tertiary/aromatic N) is 1. The molecule has 1 saturated carbocycles. The Morgan fingerprint density at radius 2 is 2.09 bits per heavy atom. The van der Waals surface area contributed by atoms with Gasteiger partial charge in [-0.3, -0.25) is 14.5 Å². The lowest BCUT2D eigenvalue weighted by atomic mass is 10.1. The van der Waals surface area contributed by atoms with E-state index >= 15 is 0 Å². The van der Waals surface area contributed by atoms with Crippen LogP contribution in [0.3, 0.4) is 0 Å². The largest absolute Gasteiger partial charge is 0.348 e. The first-order chi connectivity index (χ1) is 10.5. The van der Waals surface area contributed by atoms with E-state index in [0.717, 1.165) is 31.5 Å². The smallest absolute Gasteiger partial charge is 0.260 e. The second kappa shape index (κ2) is 5.88. The molecule has 3 rings (SSSR count). The van der Waals surface area contributed by atoms with Crippen LogP contribution in [0.25, 0.3) is 0 Å². The third-order valence-electron chi connectivity index (χ3n) is 4.91. The summed E-state index contributed by atoms with van der Waals surface area (Å²) in [6.45, 7) is 8.32. The standard InChI is InChI=1S/C17H25N3O2/c1-10(2)20-8-11(3)15(9-20)19-17(22)14-6-13(12-4-5-12)7-18-16(14)21/h6-7,10-12,15H,4-5,8-9H2,1-3H3,(H,18,21)(H,19,22)/t11-,15+/m1/s1. The van der Waals surface area contributed by atoms with Crippen LogP contribution in [0.15, 0.2) is 17.1 Å². The molecule has 1 aliphatic carbocycles. The molecule has 2 heterocycles. The number of carbonyl (C=O) groups excluding carboxylic acids is 1. The lowest BCUT2D eigenvalue weighted by Crippen LogP contribution is -2.42. The summed E-state index contributed by atoms with van der Waals surface area (Å²) in [5, 5.41) is 3.06. The molecule has 0 bridgehead atoms. The van der Waals surface area contributed by atoms with E-state index < -0.39 is 0 Å². The van der Waals surface area contributed by atoms with Crippen molar-refractivity contribution in [3.63, 3.8) is 0 Å². The highest BCUT2D eigenvalue weighted by Gasteiger charge is 2.32. The number of nitrogens with one attached hydrogen (secondary N) is 2. The molecule has 1 saturated heterocycles. The Bertz CT molecular complexity index is 619. The molecule has 0 radical (unpaired) electrons. The molecule has 0 unspecified atom stereocenters. The van der Waals surface area contributed by atoms with Gasteiger partial charge in [0, 0.05) is 31.4 Å². The Kier molecular flexibility index (Phi) is 4.08. The number of amides is 1. The molecule has 0 aromatic carbocycles. The van der Waals surface area contributed by atoms with Crippen LogP contribution in [-0.2, 0) is 0 Å². The van der Waals surface area contributed by atoms with Gasteiger partial charge in [0.1, 0.15) is 5.56 Å². The first-order valence-electron chi connectivity index (χ1n) is 8.23. The normalized spacial score (nSPS) is 25.6. The number of hydrogen-bond donors (Lipinski definition) is 2. The zero-order valence-corrected chi connectivity index (χ0v) is 13.6. The second-order valence-electron chi connectivity index (χ2n) is 7.05. The van der Waals surface area contributed by atoms with E-state index in [-0.39, 0.29) is 23.1 Å². The van der Waals surface area contributed by atoms with Crippen molar-refractivity contribution in [2.75, 3.05) is 13.1 Å². The minimum atomic E-state index is -0.298. The lowest BCUT2D eigenvalue weighted by Gasteiger charge is -2.20. The van der Waals surface area contributed by atoms with Gasteiger partial charge >= 0.3 is 0 Å². The van der Waals surface area contributed by atoms with Crippen LogP contribution >= 0.6 is 0 Å². The average Bonchev–Trinajstić information content (AvgIpc) is 3.24. The predicted molar refractivity (Wildman–Crippen MR) is 86.2 cm³/mol. The zero-order valence-electron chi connectivity index (χ0n) is 13.6. The van der Waals surface area contributed by atoms with Crippen LogP contribution in [0.5, 0.6) is 0 Å². The summed E-state index contributed by atoms with van der Waals surface area (Å²) in [6, 6.07) is 2.36. The van der Waals surface area contributed by atoms with E-state index in [9.17, 15) is 9.59 Å². The molecule has 120 valence electrons. The number of H-pyrrole nitrogens is 1. The molecule has 2 fully saturated rings. The number of likely N-dealkylation sites (tertiary alicyclic amines) is 1. The topological polar surface area (TPSA) is 65.2 Å². The summed E-state index contributed by atoms with van der Waals surface area (Å²) in [4.78, 5) is 29.5. The Labute approximate surface area is 131 Å². The molecule has 1 aliphatic heterocycles. The van der Waals surface area contributed by atoms with E-state index in [1.165, 1.54) is 0 Å². The predicted octanol–water partition coefficient (Wildman–Crippen LogP) is 1.71. The molecule has 1 amide bonds. The van der Waals surface area contributed by atoms with Crippen LogP contribution in [-0.4, -0.2) is 41.0 Å². The van der Waals surface area contributed by atoms with Crippen molar-refractivity contribution >= 4 is 5.91 Å². The van der Waals surface area contributed by atoms with Gasteiger partial charge in [0.25, 0.3) is 11.5 Å². The molecule has 1 aromatic rings. The number of pyridine rings is 1. The van der Waals surface area contributed by atoms with Crippen molar-refractivity contribution in [1.29, 1.82) is 0 Å². The fourth-order valence-electron chi connectivity index (χ4n) is 3.18. The van der Waals surface area contributed by atoms with Crippen LogP contribution in [0.2, 0.25) is 0 Å². The maximum Gasteiger partial charge on any atom is 0.260 e. The Balaban J connectivity index is 1.72. The number of rotatable bonds is 4. The van der Waals surface area contributed by atoms with Crippen LogP contribution in [0, 0.1) is 5.92 Å². The van der Waals surface area contributed by atoms with Crippen molar-refractivity contribution in [3.05, 3.63) is 33.7 Å². The van der Waals surface area contributed by atoms with Gasteiger partial charge in [0.05, 0.1) is 0 Å². The van der Waals surface area contributed by atoms with Gasteiger partial charge in [0.2, 0.25) is 0 Å². The van der Waals surface area contributed by atoms with Gasteiger partial charge in [-0.1, -0.05) is 6.92 Å². The van der Waals surface area contributed by atoms with E-state index in [0.29, 0.717) is 17.9 Å². The number of aromatic nitrogens is 1. The number of hydrogen-bond acceptors (Lipinski definition) is 3. The van der Waals surface area contributed by atoms with Crippen molar-refractivity contribution in [3.8, 4) is 0 Å². The van der Waals surface area contributed by atoms with Crippen LogP contribution < -0.4 is 10.9 Å². The van der Waals surface area contributed by atoms with Crippen LogP contribution in [0.4, 0.5) is 0 Å². The molecular formula is C17H25N3O2. The van der Waals surface area contributed by atoms with Gasteiger partial charge in [-0.15, -0.1) is 0 Å². The van der Waals surface area contributed by atoms with Gasteiger partial charge < -0.3 is 10.3 Å². The molecule has 1 aromatic heterocycles. The maximum absolute atomic E-state index is 12.5. The fraction of sp³-hybridized carbons (Fsp3) is 0.647. The Hall–Kier alpha value is -1.62. The molecule has 2 atom stereocenters. The van der Waals surface area contributed by atoms with E-state index in [4.69, 9.17) is 0 Å². The maximum atomic E-state index is 12.5. The quantitative estimate of drug-likeness (QED) is 0.890. The van der Waals surface area contributed by atoms with Gasteiger partial charge in [-0.25, -0.2) is 0 Å². The second-order valence-corrected chi connectivity index (χ2v) is 7.05.